The summed E-state index contributed by atoms with van der Waals surface area (Å²) >= 11 is 0. The molecule has 0 fully saturated rings. The van der Waals surface area contributed by atoms with E-state index < -0.39 is 18.5 Å². The van der Waals surface area contributed by atoms with Crippen molar-refractivity contribution in [3.05, 3.63) is 0 Å². The summed E-state index contributed by atoms with van der Waals surface area (Å²) in [5, 5.41) is 0. The van der Waals surface area contributed by atoms with Crippen molar-refractivity contribution >= 4 is 67.4 Å². The first-order valence-electron chi connectivity index (χ1n) is 1.19. The molecule has 0 spiro atoms. The Morgan fingerprint density at radius 2 is 1.00 bits per heavy atom. The average molecular weight is 295 g/mol. The summed E-state index contributed by atoms with van der Waals surface area (Å²) in [6, 6.07) is 0. The fourth-order valence-corrected chi connectivity index (χ4v) is 0. The summed E-state index contributed by atoms with van der Waals surface area (Å²) in [5.74, 6) is 0. The van der Waals surface area contributed by atoms with Crippen LogP contribution in [0.1, 0.15) is 0 Å². The van der Waals surface area contributed by atoms with Crippen LogP contribution in [0.5, 0.6) is 0 Å². The van der Waals surface area contributed by atoms with Crippen LogP contribution in [0, 0.1) is 0 Å². The minimum absolute atomic E-state index is 0. The third-order valence-electron chi connectivity index (χ3n) is 0. The van der Waals surface area contributed by atoms with Crippen molar-refractivity contribution in [2.45, 2.75) is 0 Å². The van der Waals surface area contributed by atoms with Gasteiger partial charge in [0.25, 0.3) is 0 Å². The summed E-state index contributed by atoms with van der Waals surface area (Å²) in [5.41, 5.74) is 0. The number of halogens is 2. The molecule has 0 atom stereocenters. The topological polar surface area (TPSA) is 80.3 Å². The maximum atomic E-state index is 9.99. The monoisotopic (exact) mass is 296 g/mol. The Kier molecular flexibility index (Phi) is 21.7. The minimum atomic E-state index is -3.88. The molecule has 0 saturated carbocycles. The second kappa shape index (κ2) is 11.8. The van der Waals surface area contributed by atoms with Gasteiger partial charge in [0.1, 0.15) is 0 Å². The Balaban J connectivity index is -0.0000000720. The molecule has 48 valence electrons. The first-order chi connectivity index (χ1) is 3.46. The standard InChI is InChI=1S/Ba.2FO2Si/c;2*1-4(2)3/q+2;2*-1. The average Bonchev–Trinajstić information content (AvgIpc) is 1.25. The third kappa shape index (κ3) is 399. The van der Waals surface area contributed by atoms with Crippen LogP contribution in [0.25, 0.3) is 0 Å². The predicted molar refractivity (Wildman–Crippen MR) is 20.9 cm³/mol. The zero-order valence-electron chi connectivity index (χ0n) is 4.10. The molecular weight excluding hydrogens is 295 g/mol. The van der Waals surface area contributed by atoms with Gasteiger partial charge in [-0.1, -0.05) is 0 Å². The van der Waals surface area contributed by atoms with Gasteiger partial charge >= 0.3 is 67.4 Å². The van der Waals surface area contributed by atoms with Crippen molar-refractivity contribution in [2.24, 2.45) is 0 Å². The second-order valence-electron chi connectivity index (χ2n) is 0.475. The zero-order valence-corrected chi connectivity index (χ0v) is 10.5. The largest absolute Gasteiger partial charge is 2.00 e. The van der Waals surface area contributed by atoms with Crippen molar-refractivity contribution in [1.29, 1.82) is 0 Å². The van der Waals surface area contributed by atoms with Crippen LogP contribution in [-0.4, -0.2) is 67.4 Å². The number of hydrogen-bond acceptors (Lipinski definition) is 4. The Hall–Kier alpha value is 1.07. The van der Waals surface area contributed by atoms with Crippen molar-refractivity contribution in [2.75, 3.05) is 0 Å². The molecule has 0 aromatic rings. The molecule has 0 rings (SSSR count). The van der Waals surface area contributed by atoms with Gasteiger partial charge in [-0.2, -0.15) is 0 Å². The molecule has 0 aliphatic heterocycles. The van der Waals surface area contributed by atoms with E-state index in [9.17, 15) is 8.22 Å². The van der Waals surface area contributed by atoms with Crippen molar-refractivity contribution in [3.8, 4) is 0 Å². The molecule has 0 aromatic heterocycles. The van der Waals surface area contributed by atoms with Gasteiger partial charge in [-0.15, -0.1) is 0 Å². The van der Waals surface area contributed by atoms with Gasteiger partial charge in [-0.05, 0) is 0 Å². The van der Waals surface area contributed by atoms with Gasteiger partial charge < -0.3 is 18.5 Å². The maximum Gasteiger partial charge on any atom is 2.00 e. The Bertz CT molecular complexity index is 74.6. The van der Waals surface area contributed by atoms with Gasteiger partial charge in [0.15, 0.2) is 0 Å². The molecule has 0 saturated heterocycles. The van der Waals surface area contributed by atoms with Crippen LogP contribution < -0.4 is 9.59 Å². The van der Waals surface area contributed by atoms with Crippen LogP contribution in [0.3, 0.4) is 0 Å². The van der Waals surface area contributed by atoms with Crippen molar-refractivity contribution in [1.82, 2.24) is 0 Å². The molecule has 0 aromatic carbocycles. The van der Waals surface area contributed by atoms with E-state index in [4.69, 9.17) is 18.5 Å². The Morgan fingerprint density at radius 3 is 1.00 bits per heavy atom. The molecular formula is BaF2O4Si2. The third-order valence-corrected chi connectivity index (χ3v) is 0. The van der Waals surface area contributed by atoms with E-state index in [0.29, 0.717) is 0 Å². The van der Waals surface area contributed by atoms with E-state index in [-0.39, 0.29) is 48.9 Å². The molecule has 0 heterocycles. The first kappa shape index (κ1) is 16.6. The van der Waals surface area contributed by atoms with Gasteiger partial charge in [-0.3, -0.25) is 8.22 Å². The van der Waals surface area contributed by atoms with Crippen LogP contribution in [0.15, 0.2) is 0 Å². The molecule has 0 aliphatic carbocycles. The zero-order chi connectivity index (χ0) is 7.15. The Morgan fingerprint density at radius 1 is 1.00 bits per heavy atom. The van der Waals surface area contributed by atoms with Gasteiger partial charge in [0.05, 0.1) is 0 Å². The molecule has 0 amide bonds. The van der Waals surface area contributed by atoms with Crippen LogP contribution in [-0.2, 0) is 8.92 Å². The van der Waals surface area contributed by atoms with E-state index in [2.05, 4.69) is 0 Å². The second-order valence-corrected chi connectivity index (χ2v) is 1.43. The fraction of sp³-hybridized carbons (Fsp3) is 0. The van der Waals surface area contributed by atoms with Crippen LogP contribution >= 0.6 is 0 Å². The van der Waals surface area contributed by atoms with E-state index in [1.54, 1.807) is 0 Å². The number of hydrogen-bond donors (Lipinski definition) is 0. The molecule has 0 N–H and O–H groups in total. The molecule has 0 unspecified atom stereocenters. The summed E-state index contributed by atoms with van der Waals surface area (Å²) in [6.45, 7) is 0. The van der Waals surface area contributed by atoms with Crippen LogP contribution in [0.4, 0.5) is 8.22 Å². The van der Waals surface area contributed by atoms with E-state index in [1.165, 1.54) is 0 Å². The van der Waals surface area contributed by atoms with E-state index >= 15 is 0 Å². The van der Waals surface area contributed by atoms with Gasteiger partial charge in [0, 0.05) is 0 Å². The first-order valence-corrected chi connectivity index (χ1v) is 3.58. The van der Waals surface area contributed by atoms with Gasteiger partial charge in [-0.25, -0.2) is 0 Å². The van der Waals surface area contributed by atoms with E-state index in [1.807, 2.05) is 0 Å². The summed E-state index contributed by atoms with van der Waals surface area (Å²) in [6.07, 6.45) is 0. The van der Waals surface area contributed by atoms with Crippen molar-refractivity contribution < 1.29 is 26.7 Å². The Labute approximate surface area is 92.9 Å². The van der Waals surface area contributed by atoms with Crippen LogP contribution in [0.2, 0.25) is 0 Å². The maximum absolute atomic E-state index is 9.99. The predicted octanol–water partition coefficient (Wildman–Crippen LogP) is -2.92. The molecule has 0 radical (unpaired) electrons. The molecule has 0 aliphatic rings. The van der Waals surface area contributed by atoms with Gasteiger partial charge in [0.2, 0.25) is 0 Å². The molecule has 0 bridgehead atoms. The molecule has 9 heavy (non-hydrogen) atoms. The number of rotatable bonds is 0. The summed E-state index contributed by atoms with van der Waals surface area (Å²) in [7, 11) is -7.76. The summed E-state index contributed by atoms with van der Waals surface area (Å²) < 4.78 is 36.8. The minimum Gasteiger partial charge on any atom is -0.560 e. The normalized spacial score (nSPS) is 5.56. The van der Waals surface area contributed by atoms with E-state index in [0.717, 1.165) is 0 Å². The molecule has 4 nitrogen and oxygen atoms in total. The quantitative estimate of drug-likeness (QED) is 0.354. The SMILES string of the molecule is O=[Si]([O-])F.O=[Si]([O-])F.[Ba+2]. The summed E-state index contributed by atoms with van der Waals surface area (Å²) in [4.78, 5) is 16.8. The fourth-order valence-electron chi connectivity index (χ4n) is 0. The smallest absolute Gasteiger partial charge is 0.560 e. The van der Waals surface area contributed by atoms with Crippen molar-refractivity contribution in [3.63, 3.8) is 0 Å². The molecule has 9 heteroatoms.